The highest BCUT2D eigenvalue weighted by Crippen LogP contribution is 2.34. The summed E-state index contributed by atoms with van der Waals surface area (Å²) in [5.74, 6) is 0.290. The number of nitrogens with two attached hydrogens (primary N) is 1. The molecule has 0 spiro atoms. The molecule has 0 radical (unpaired) electrons. The fourth-order valence-corrected chi connectivity index (χ4v) is 4.51. The van der Waals surface area contributed by atoms with Gasteiger partial charge in [0.1, 0.15) is 11.2 Å². The fourth-order valence-electron chi connectivity index (χ4n) is 4.12. The van der Waals surface area contributed by atoms with Crippen molar-refractivity contribution in [3.63, 3.8) is 0 Å². The largest absolute Gasteiger partial charge is 0.451 e. The van der Waals surface area contributed by atoms with Crippen molar-refractivity contribution in [3.8, 4) is 11.3 Å². The van der Waals surface area contributed by atoms with Crippen LogP contribution >= 0.6 is 20.8 Å². The van der Waals surface area contributed by atoms with E-state index in [1.807, 2.05) is 45.0 Å². The highest BCUT2D eigenvalue weighted by molar-refractivity contribution is 7.28. The monoisotopic (exact) mass is 729 g/mol. The van der Waals surface area contributed by atoms with Gasteiger partial charge in [0, 0.05) is 27.9 Å². The van der Waals surface area contributed by atoms with Gasteiger partial charge in [-0.2, -0.15) is 0 Å². The van der Waals surface area contributed by atoms with Crippen molar-refractivity contribution >= 4 is 55.5 Å². The number of aldehydes is 2. The van der Waals surface area contributed by atoms with Gasteiger partial charge in [0.15, 0.2) is 23.9 Å². The number of benzene rings is 1. The molecule has 6 nitrogen and oxygen atoms in total. The van der Waals surface area contributed by atoms with Crippen LogP contribution in [0.3, 0.4) is 0 Å². The second-order valence-corrected chi connectivity index (χ2v) is 14.4. The molecule has 0 aliphatic rings. The van der Waals surface area contributed by atoms with Crippen LogP contribution < -0.4 is 11.0 Å². The van der Waals surface area contributed by atoms with E-state index in [1.54, 1.807) is 18.2 Å². The topological polar surface area (TPSA) is 98.5 Å². The van der Waals surface area contributed by atoms with E-state index in [2.05, 4.69) is 101 Å². The summed E-state index contributed by atoms with van der Waals surface area (Å²) in [5, 5.41) is 1.62. The average molecular weight is 730 g/mol. The molecular formula is C42H69ClN3O3P. The van der Waals surface area contributed by atoms with E-state index in [0.717, 1.165) is 47.0 Å². The van der Waals surface area contributed by atoms with Gasteiger partial charge in [0.25, 0.3) is 0 Å². The van der Waals surface area contributed by atoms with E-state index in [0.29, 0.717) is 33.5 Å². The van der Waals surface area contributed by atoms with E-state index >= 15 is 0 Å². The molecule has 0 saturated carbocycles. The van der Waals surface area contributed by atoms with Crippen LogP contribution in [0.5, 0.6) is 0 Å². The van der Waals surface area contributed by atoms with E-state index in [-0.39, 0.29) is 11.2 Å². The summed E-state index contributed by atoms with van der Waals surface area (Å²) < 4.78 is 5.65. The van der Waals surface area contributed by atoms with Crippen LogP contribution in [-0.2, 0) is 10.2 Å². The first kappa shape index (κ1) is 51.4. The summed E-state index contributed by atoms with van der Waals surface area (Å²) in [6.45, 7) is 31.2. The van der Waals surface area contributed by atoms with Crippen LogP contribution in [0, 0.1) is 5.41 Å². The van der Waals surface area contributed by atoms with Crippen molar-refractivity contribution in [1.29, 1.82) is 0 Å². The first-order valence-electron chi connectivity index (χ1n) is 17.9. The maximum atomic E-state index is 11.0. The molecule has 3 rings (SSSR count). The number of hydrogen-bond acceptors (Lipinski definition) is 6. The fraction of sp³-hybridized carbons (Fsp3) is 0.524. The molecule has 1 atom stereocenters. The molecule has 8 heteroatoms. The minimum Gasteiger partial charge on any atom is -0.451 e. The zero-order valence-electron chi connectivity index (χ0n) is 33.8. The molecule has 1 unspecified atom stereocenters. The highest BCUT2D eigenvalue weighted by atomic mass is 35.5. The zero-order valence-corrected chi connectivity index (χ0v) is 35.7. The molecule has 2 heterocycles. The molecule has 0 aliphatic heterocycles. The van der Waals surface area contributed by atoms with Crippen molar-refractivity contribution in [2.24, 2.45) is 16.1 Å². The molecule has 2 aromatic heterocycles. The van der Waals surface area contributed by atoms with Gasteiger partial charge in [-0.1, -0.05) is 139 Å². The summed E-state index contributed by atoms with van der Waals surface area (Å²) >= 11 is 6.09. The number of rotatable bonds is 9. The molecule has 3 aromatic rings. The number of allylic oxidation sites excluding steroid dienone is 3. The van der Waals surface area contributed by atoms with Crippen LogP contribution in [0.25, 0.3) is 22.4 Å². The maximum Gasteiger partial charge on any atom is 0.185 e. The standard InChI is InChI=1S/C18H17ClNO2P.C10H15NO.C7H16.C4H10.C2H6.CH5N/c1-18(2,3)12-8-14(10-4-5-13(19)16(23)6-10)20-15-7-11(9-21)22-17(12)15;1-4-6-9(3)11-10(8-12)7-5-2;1-5-6-7(2,3)4;1-3-4-2;2*1-2/h4-9H,23H2,1-3H3;5,7-8H,2,4,6H2,1,3H3;5-6H2,1-4H3;3-4H2,1-2H3;1-2H3;2H2,1H3/b;10-7-,11-9?;;;;. The van der Waals surface area contributed by atoms with Gasteiger partial charge in [0.2, 0.25) is 0 Å². The number of carbonyl (C=O) groups excluding carboxylic acids is 2. The van der Waals surface area contributed by atoms with Crippen molar-refractivity contribution in [1.82, 2.24) is 4.98 Å². The van der Waals surface area contributed by atoms with Gasteiger partial charge in [-0.05, 0) is 67.2 Å². The number of furan rings is 1. The first-order chi connectivity index (χ1) is 23.5. The number of carbonyl (C=O) groups is 2. The quantitative estimate of drug-likeness (QED) is 0.0777. The zero-order chi connectivity index (χ0) is 39.5. The minimum absolute atomic E-state index is 0.135. The van der Waals surface area contributed by atoms with Crippen molar-refractivity contribution in [2.75, 3.05) is 7.05 Å². The number of halogens is 1. The Morgan fingerprint density at radius 3 is 1.92 bits per heavy atom. The molecule has 0 amide bonds. The van der Waals surface area contributed by atoms with Gasteiger partial charge >= 0.3 is 0 Å². The third kappa shape index (κ3) is 22.0. The lowest BCUT2D eigenvalue weighted by Crippen LogP contribution is -2.12. The number of unbranched alkanes of at least 4 members (excludes halogenated alkanes) is 1. The minimum atomic E-state index is -0.135. The Morgan fingerprint density at radius 1 is 0.960 bits per heavy atom. The molecule has 1 aromatic carbocycles. The van der Waals surface area contributed by atoms with Gasteiger partial charge < -0.3 is 10.2 Å². The molecule has 0 fully saturated rings. The van der Waals surface area contributed by atoms with E-state index in [1.165, 1.54) is 32.7 Å². The molecular weight excluding hydrogens is 661 g/mol. The van der Waals surface area contributed by atoms with Gasteiger partial charge in [-0.15, -0.1) is 9.24 Å². The molecule has 282 valence electrons. The van der Waals surface area contributed by atoms with Crippen LogP contribution in [0.4, 0.5) is 0 Å². The molecule has 2 N–H and O–H groups in total. The normalized spacial score (nSPS) is 11.1. The number of pyridine rings is 1. The lowest BCUT2D eigenvalue weighted by atomic mass is 9.86. The number of aromatic nitrogens is 1. The van der Waals surface area contributed by atoms with Crippen molar-refractivity contribution in [3.05, 3.63) is 71.1 Å². The summed E-state index contributed by atoms with van der Waals surface area (Å²) in [6.07, 6.45) is 11.9. The summed E-state index contributed by atoms with van der Waals surface area (Å²) in [6, 6.07) is 9.48. The van der Waals surface area contributed by atoms with Gasteiger partial charge in [-0.3, -0.25) is 14.6 Å². The summed E-state index contributed by atoms with van der Waals surface area (Å²) in [7, 11) is 4.12. The van der Waals surface area contributed by atoms with Crippen molar-refractivity contribution < 1.29 is 14.0 Å². The Kier molecular flexibility index (Phi) is 29.6. The second-order valence-electron chi connectivity index (χ2n) is 13.4. The van der Waals surface area contributed by atoms with E-state index < -0.39 is 0 Å². The molecule has 50 heavy (non-hydrogen) atoms. The number of hydrogen-bond donors (Lipinski definition) is 1. The number of aliphatic imine (C=N–C) groups is 1. The predicted molar refractivity (Wildman–Crippen MR) is 227 cm³/mol. The van der Waals surface area contributed by atoms with Crippen molar-refractivity contribution in [2.45, 2.75) is 134 Å². The van der Waals surface area contributed by atoms with Crippen LogP contribution in [0.15, 0.2) is 64.2 Å². The molecule has 0 saturated heterocycles. The predicted octanol–water partition coefficient (Wildman–Crippen LogP) is 12.5. The van der Waals surface area contributed by atoms with Gasteiger partial charge in [0.05, 0.1) is 5.69 Å². The third-order valence-corrected chi connectivity index (χ3v) is 7.56. The Bertz CT molecular complexity index is 1440. The van der Waals surface area contributed by atoms with E-state index in [4.69, 9.17) is 16.0 Å². The Hall–Kier alpha value is -2.92. The second kappa shape index (κ2) is 28.7. The lowest BCUT2D eigenvalue weighted by Gasteiger charge is -2.20. The SMILES string of the molecule is C=C/C=C(/C=O)N=C(C)CCC.CC.CC(C)(C)c1cc(-c2ccc(Cl)c(P)c2)nc2cc(C=O)oc12.CCCC.CCCC(C)(C)C.CN. The van der Waals surface area contributed by atoms with Crippen LogP contribution in [0.1, 0.15) is 145 Å². The molecule has 0 bridgehead atoms. The number of fused-ring (bicyclic) bond motifs is 1. The maximum absolute atomic E-state index is 11.0. The smallest absolute Gasteiger partial charge is 0.185 e. The first-order valence-corrected chi connectivity index (χ1v) is 18.8. The third-order valence-electron chi connectivity index (χ3n) is 6.56. The summed E-state index contributed by atoms with van der Waals surface area (Å²) in [4.78, 5) is 30.2. The van der Waals surface area contributed by atoms with Crippen LogP contribution in [-0.4, -0.2) is 30.3 Å². The average Bonchev–Trinajstić information content (AvgIpc) is 3.50. The Morgan fingerprint density at radius 2 is 1.54 bits per heavy atom. The van der Waals surface area contributed by atoms with Gasteiger partial charge in [-0.25, -0.2) is 4.98 Å². The molecule has 0 aliphatic carbocycles. The Balaban J connectivity index is -0.000000687. The summed E-state index contributed by atoms with van der Waals surface area (Å²) in [5.41, 5.74) is 10.5. The van der Waals surface area contributed by atoms with Crippen LogP contribution in [0.2, 0.25) is 5.02 Å². The Labute approximate surface area is 313 Å². The van der Waals surface area contributed by atoms with E-state index in [9.17, 15) is 9.59 Å². The highest BCUT2D eigenvalue weighted by Gasteiger charge is 2.22. The lowest BCUT2D eigenvalue weighted by molar-refractivity contribution is -0.104. The number of nitrogens with zero attached hydrogens (tertiary/aromatic N) is 2.